The average Bonchev–Trinajstić information content (AvgIpc) is 2.77. The Balaban J connectivity index is 2.36. The number of hydrogen-bond donors (Lipinski definition) is 0. The van der Waals surface area contributed by atoms with Gasteiger partial charge in [0.15, 0.2) is 5.16 Å². The van der Waals surface area contributed by atoms with Gasteiger partial charge in [0.1, 0.15) is 21.5 Å². The second kappa shape index (κ2) is 7.40. The minimum absolute atomic E-state index is 0.222. The van der Waals surface area contributed by atoms with Crippen LogP contribution in [0.25, 0.3) is 10.2 Å². The molecule has 0 aliphatic carbocycles. The van der Waals surface area contributed by atoms with E-state index in [0.29, 0.717) is 26.6 Å². The van der Waals surface area contributed by atoms with E-state index in [1.807, 2.05) is 13.8 Å². The number of ether oxygens (including phenoxy) is 2. The van der Waals surface area contributed by atoms with E-state index in [9.17, 15) is 4.79 Å². The Morgan fingerprint density at radius 3 is 2.81 bits per heavy atom. The molecule has 0 aromatic carbocycles. The molecule has 0 saturated carbocycles. The average molecular weight is 347 g/mol. The molecule has 2 aromatic rings. The number of nitrogens with zero attached hydrogens (tertiary/aromatic N) is 2. The lowest BCUT2D eigenvalue weighted by Gasteiger charge is -2.02. The normalized spacial score (nSPS) is 11.0. The van der Waals surface area contributed by atoms with Crippen molar-refractivity contribution < 1.29 is 14.3 Å². The predicted octanol–water partition coefficient (Wildman–Crippen LogP) is 3.57. The van der Waals surface area contributed by atoms with E-state index in [0.717, 1.165) is 16.7 Å². The standard InChI is InChI=1S/C13H15ClN2O3S2/c1-4-20-13-15-10(14)8-7(2)9(21-11(8)16-13)12(17)19-6-5-18-3/h4-6H2,1-3H3. The van der Waals surface area contributed by atoms with Crippen molar-refractivity contribution in [1.82, 2.24) is 9.97 Å². The van der Waals surface area contributed by atoms with E-state index < -0.39 is 0 Å². The first-order valence-electron chi connectivity index (χ1n) is 6.34. The van der Waals surface area contributed by atoms with Crippen LogP contribution in [0.15, 0.2) is 5.16 Å². The number of hydrogen-bond acceptors (Lipinski definition) is 7. The summed E-state index contributed by atoms with van der Waals surface area (Å²) in [5.74, 6) is 0.478. The van der Waals surface area contributed by atoms with Gasteiger partial charge in [-0.05, 0) is 18.2 Å². The van der Waals surface area contributed by atoms with Gasteiger partial charge in [0, 0.05) is 7.11 Å². The Kier molecular flexibility index (Phi) is 5.80. The lowest BCUT2D eigenvalue weighted by molar-refractivity contribution is 0.0393. The number of aromatic nitrogens is 2. The molecular formula is C13H15ClN2O3S2. The summed E-state index contributed by atoms with van der Waals surface area (Å²) in [6, 6.07) is 0. The fourth-order valence-electron chi connectivity index (χ4n) is 1.74. The SMILES string of the molecule is CCSc1nc(Cl)c2c(C)c(C(=O)OCCOC)sc2n1. The summed E-state index contributed by atoms with van der Waals surface area (Å²) >= 11 is 9.01. The van der Waals surface area contributed by atoms with E-state index in [4.69, 9.17) is 21.1 Å². The quantitative estimate of drug-likeness (QED) is 0.262. The molecule has 0 aliphatic rings. The number of thioether (sulfide) groups is 1. The molecule has 114 valence electrons. The van der Waals surface area contributed by atoms with Crippen molar-refractivity contribution in [3.05, 3.63) is 15.6 Å². The molecule has 2 aromatic heterocycles. The summed E-state index contributed by atoms with van der Waals surface area (Å²) in [6.07, 6.45) is 0. The number of halogens is 1. The van der Waals surface area contributed by atoms with Gasteiger partial charge >= 0.3 is 5.97 Å². The topological polar surface area (TPSA) is 61.3 Å². The highest BCUT2D eigenvalue weighted by molar-refractivity contribution is 7.99. The van der Waals surface area contributed by atoms with E-state index >= 15 is 0 Å². The molecule has 2 heterocycles. The van der Waals surface area contributed by atoms with Gasteiger partial charge < -0.3 is 9.47 Å². The first-order chi connectivity index (χ1) is 10.1. The smallest absolute Gasteiger partial charge is 0.348 e. The fourth-order valence-corrected chi connectivity index (χ4v) is 3.86. The van der Waals surface area contributed by atoms with Crippen LogP contribution in [0.3, 0.4) is 0 Å². The number of thiophene rings is 1. The fraction of sp³-hybridized carbons (Fsp3) is 0.462. The van der Waals surface area contributed by atoms with E-state index in [1.54, 1.807) is 7.11 Å². The molecule has 0 spiro atoms. The Hall–Kier alpha value is -0.890. The second-order valence-corrected chi connectivity index (χ2v) is 6.68. The highest BCUT2D eigenvalue weighted by atomic mass is 35.5. The maximum Gasteiger partial charge on any atom is 0.348 e. The van der Waals surface area contributed by atoms with Gasteiger partial charge in [-0.1, -0.05) is 30.3 Å². The monoisotopic (exact) mass is 346 g/mol. The van der Waals surface area contributed by atoms with Crippen LogP contribution in [0.1, 0.15) is 22.2 Å². The van der Waals surface area contributed by atoms with Gasteiger partial charge in [-0.15, -0.1) is 11.3 Å². The lowest BCUT2D eigenvalue weighted by atomic mass is 10.2. The summed E-state index contributed by atoms with van der Waals surface area (Å²) in [4.78, 5) is 22.0. The van der Waals surface area contributed by atoms with Crippen molar-refractivity contribution >= 4 is 50.9 Å². The van der Waals surface area contributed by atoms with Gasteiger partial charge in [-0.3, -0.25) is 0 Å². The van der Waals surface area contributed by atoms with Crippen molar-refractivity contribution in [2.45, 2.75) is 19.0 Å². The lowest BCUT2D eigenvalue weighted by Crippen LogP contribution is -2.09. The minimum Gasteiger partial charge on any atom is -0.459 e. The number of fused-ring (bicyclic) bond motifs is 1. The molecular weight excluding hydrogens is 332 g/mol. The second-order valence-electron chi connectivity index (χ2n) is 4.10. The molecule has 0 saturated heterocycles. The molecule has 0 fully saturated rings. The third-order valence-corrected chi connectivity index (χ3v) is 4.87. The predicted molar refractivity (Wildman–Crippen MR) is 85.7 cm³/mol. The van der Waals surface area contributed by atoms with Crippen molar-refractivity contribution in [3.8, 4) is 0 Å². The van der Waals surface area contributed by atoms with Crippen molar-refractivity contribution in [2.75, 3.05) is 26.1 Å². The van der Waals surface area contributed by atoms with Gasteiger partial charge in [0.25, 0.3) is 0 Å². The number of carbonyl (C=O) groups excluding carboxylic acids is 1. The first-order valence-corrected chi connectivity index (χ1v) is 8.52. The first kappa shape index (κ1) is 16.5. The van der Waals surface area contributed by atoms with Crippen molar-refractivity contribution in [2.24, 2.45) is 0 Å². The molecule has 21 heavy (non-hydrogen) atoms. The molecule has 0 aliphatic heterocycles. The summed E-state index contributed by atoms with van der Waals surface area (Å²) in [5.41, 5.74) is 0.760. The molecule has 0 amide bonds. The van der Waals surface area contributed by atoms with Gasteiger partial charge in [0.05, 0.1) is 12.0 Å². The zero-order chi connectivity index (χ0) is 15.4. The van der Waals surface area contributed by atoms with Crippen LogP contribution < -0.4 is 0 Å². The highest BCUT2D eigenvalue weighted by Crippen LogP contribution is 2.35. The summed E-state index contributed by atoms with van der Waals surface area (Å²) in [5, 5.41) is 1.72. The van der Waals surface area contributed by atoms with Crippen LogP contribution in [0.5, 0.6) is 0 Å². The van der Waals surface area contributed by atoms with Crippen LogP contribution in [-0.2, 0) is 9.47 Å². The Morgan fingerprint density at radius 2 is 2.14 bits per heavy atom. The van der Waals surface area contributed by atoms with E-state index in [2.05, 4.69) is 9.97 Å². The van der Waals surface area contributed by atoms with Crippen molar-refractivity contribution in [1.29, 1.82) is 0 Å². The minimum atomic E-state index is -0.381. The third-order valence-electron chi connectivity index (χ3n) is 2.70. The number of carbonyl (C=O) groups is 1. The molecule has 0 radical (unpaired) electrons. The largest absolute Gasteiger partial charge is 0.459 e. The molecule has 8 heteroatoms. The number of rotatable bonds is 6. The highest BCUT2D eigenvalue weighted by Gasteiger charge is 2.20. The maximum absolute atomic E-state index is 12.1. The Labute approximate surface area is 136 Å². The molecule has 5 nitrogen and oxygen atoms in total. The molecule has 0 unspecified atom stereocenters. The van der Waals surface area contributed by atoms with Gasteiger partial charge in [0.2, 0.25) is 0 Å². The maximum atomic E-state index is 12.1. The zero-order valence-electron chi connectivity index (χ0n) is 11.9. The number of methoxy groups -OCH3 is 1. The van der Waals surface area contributed by atoms with Crippen LogP contribution >= 0.6 is 34.7 Å². The van der Waals surface area contributed by atoms with Crippen molar-refractivity contribution in [3.63, 3.8) is 0 Å². The summed E-state index contributed by atoms with van der Waals surface area (Å²) in [6.45, 7) is 4.44. The van der Waals surface area contributed by atoms with Crippen LogP contribution in [0, 0.1) is 6.92 Å². The van der Waals surface area contributed by atoms with Crippen LogP contribution in [-0.4, -0.2) is 42.0 Å². The molecule has 0 atom stereocenters. The van der Waals surface area contributed by atoms with Crippen LogP contribution in [0.4, 0.5) is 0 Å². The summed E-state index contributed by atoms with van der Waals surface area (Å²) in [7, 11) is 1.56. The van der Waals surface area contributed by atoms with Gasteiger partial charge in [-0.25, -0.2) is 14.8 Å². The number of aryl methyl sites for hydroxylation is 1. The zero-order valence-corrected chi connectivity index (χ0v) is 14.3. The number of esters is 1. The van der Waals surface area contributed by atoms with Crippen LogP contribution in [0.2, 0.25) is 5.15 Å². The molecule has 0 N–H and O–H groups in total. The molecule has 0 bridgehead atoms. The van der Waals surface area contributed by atoms with E-state index in [1.165, 1.54) is 23.1 Å². The molecule has 2 rings (SSSR count). The van der Waals surface area contributed by atoms with Gasteiger partial charge in [-0.2, -0.15) is 0 Å². The third kappa shape index (κ3) is 3.66. The van der Waals surface area contributed by atoms with E-state index in [-0.39, 0.29) is 12.6 Å². The Bertz CT molecular complexity index is 660. The summed E-state index contributed by atoms with van der Waals surface area (Å²) < 4.78 is 10.0. The Morgan fingerprint density at radius 1 is 1.38 bits per heavy atom.